The van der Waals surface area contributed by atoms with E-state index in [1.54, 1.807) is 0 Å². The fraction of sp³-hybridized carbons (Fsp3) is 0.611. The van der Waals surface area contributed by atoms with Crippen molar-refractivity contribution in [1.82, 2.24) is 14.9 Å². The number of benzene rings is 1. The summed E-state index contributed by atoms with van der Waals surface area (Å²) in [5.74, 6) is 2.13. The molecule has 0 saturated heterocycles. The van der Waals surface area contributed by atoms with Crippen molar-refractivity contribution in [3.05, 3.63) is 30.1 Å². The minimum absolute atomic E-state index is 0.925. The summed E-state index contributed by atoms with van der Waals surface area (Å²) in [5.41, 5.74) is 2.35. The molecule has 1 aromatic carbocycles. The van der Waals surface area contributed by atoms with Gasteiger partial charge in [-0.25, -0.2) is 4.98 Å². The van der Waals surface area contributed by atoms with Crippen LogP contribution in [0.25, 0.3) is 11.0 Å². The molecule has 21 heavy (non-hydrogen) atoms. The third-order valence-corrected chi connectivity index (χ3v) is 4.79. The molecule has 0 radical (unpaired) electrons. The Kier molecular flexibility index (Phi) is 4.91. The van der Waals surface area contributed by atoms with Gasteiger partial charge in [-0.1, -0.05) is 31.4 Å². The standard InChI is InChI=1S/C18H27N3/c1-21-17-11-6-5-10-16(17)20-18(21)12-7-13-19-14-15-8-3-2-4-9-15/h5-6,10-11,15,19H,2-4,7-9,12-14H2,1H3. The highest BCUT2D eigenvalue weighted by atomic mass is 15.1. The number of fused-ring (bicyclic) bond motifs is 1. The van der Waals surface area contributed by atoms with Crippen molar-refractivity contribution in [2.45, 2.75) is 44.9 Å². The summed E-state index contributed by atoms with van der Waals surface area (Å²) in [7, 11) is 2.13. The van der Waals surface area contributed by atoms with Gasteiger partial charge in [-0.05, 0) is 50.4 Å². The van der Waals surface area contributed by atoms with E-state index in [0.717, 1.165) is 24.4 Å². The van der Waals surface area contributed by atoms with Crippen LogP contribution in [0.1, 0.15) is 44.3 Å². The van der Waals surface area contributed by atoms with Gasteiger partial charge in [0.1, 0.15) is 5.82 Å². The Balaban J connectivity index is 1.43. The molecule has 0 unspecified atom stereocenters. The van der Waals surface area contributed by atoms with E-state index < -0.39 is 0 Å². The smallest absolute Gasteiger partial charge is 0.109 e. The largest absolute Gasteiger partial charge is 0.331 e. The fourth-order valence-electron chi connectivity index (χ4n) is 3.49. The first kappa shape index (κ1) is 14.6. The van der Waals surface area contributed by atoms with Gasteiger partial charge >= 0.3 is 0 Å². The lowest BCUT2D eigenvalue weighted by molar-refractivity contribution is 0.342. The van der Waals surface area contributed by atoms with Gasteiger partial charge in [-0.15, -0.1) is 0 Å². The quantitative estimate of drug-likeness (QED) is 0.821. The van der Waals surface area contributed by atoms with E-state index in [2.05, 4.69) is 41.2 Å². The average Bonchev–Trinajstić information content (AvgIpc) is 2.85. The maximum atomic E-state index is 4.73. The average molecular weight is 285 g/mol. The second-order valence-corrected chi connectivity index (χ2v) is 6.39. The molecule has 1 N–H and O–H groups in total. The number of nitrogens with zero attached hydrogens (tertiary/aromatic N) is 2. The van der Waals surface area contributed by atoms with Crippen LogP contribution in [0.2, 0.25) is 0 Å². The van der Waals surface area contributed by atoms with Crippen LogP contribution >= 0.6 is 0 Å². The molecule has 1 saturated carbocycles. The van der Waals surface area contributed by atoms with E-state index in [4.69, 9.17) is 4.98 Å². The number of hydrogen-bond donors (Lipinski definition) is 1. The SMILES string of the molecule is Cn1c(CCCNCC2CCCCC2)nc2ccccc21. The highest BCUT2D eigenvalue weighted by Crippen LogP contribution is 2.22. The van der Waals surface area contributed by atoms with Gasteiger partial charge in [0.25, 0.3) is 0 Å². The predicted molar refractivity (Wildman–Crippen MR) is 88.5 cm³/mol. The van der Waals surface area contributed by atoms with Crippen molar-refractivity contribution >= 4 is 11.0 Å². The molecule has 1 heterocycles. The monoisotopic (exact) mass is 285 g/mol. The summed E-state index contributed by atoms with van der Waals surface area (Å²) >= 11 is 0. The summed E-state index contributed by atoms with van der Waals surface area (Å²) in [6.45, 7) is 2.32. The van der Waals surface area contributed by atoms with Crippen LogP contribution in [-0.2, 0) is 13.5 Å². The van der Waals surface area contributed by atoms with Crippen LogP contribution in [-0.4, -0.2) is 22.6 Å². The Labute approximate surface area is 127 Å². The molecule has 1 aliphatic rings. The van der Waals surface area contributed by atoms with E-state index in [0.29, 0.717) is 0 Å². The van der Waals surface area contributed by atoms with Crippen molar-refractivity contribution < 1.29 is 0 Å². The van der Waals surface area contributed by atoms with E-state index >= 15 is 0 Å². The highest BCUT2D eigenvalue weighted by molar-refractivity contribution is 5.75. The number of hydrogen-bond acceptors (Lipinski definition) is 2. The molecule has 0 bridgehead atoms. The first-order valence-electron chi connectivity index (χ1n) is 8.45. The molecule has 0 atom stereocenters. The predicted octanol–water partition coefficient (Wildman–Crippen LogP) is 3.68. The molecule has 3 nitrogen and oxygen atoms in total. The number of aromatic nitrogens is 2. The summed E-state index contributed by atoms with van der Waals surface area (Å²) < 4.78 is 2.23. The van der Waals surface area contributed by atoms with Gasteiger partial charge in [0, 0.05) is 13.5 Å². The Morgan fingerprint density at radius 2 is 2.00 bits per heavy atom. The third-order valence-electron chi connectivity index (χ3n) is 4.79. The number of imidazole rings is 1. The lowest BCUT2D eigenvalue weighted by Gasteiger charge is -2.21. The Hall–Kier alpha value is -1.35. The van der Waals surface area contributed by atoms with Crippen LogP contribution < -0.4 is 5.32 Å². The zero-order valence-electron chi connectivity index (χ0n) is 13.1. The molecule has 3 heteroatoms. The molecular weight excluding hydrogens is 258 g/mol. The second-order valence-electron chi connectivity index (χ2n) is 6.39. The molecule has 2 aromatic rings. The van der Waals surface area contributed by atoms with Crippen molar-refractivity contribution in [1.29, 1.82) is 0 Å². The lowest BCUT2D eigenvalue weighted by Crippen LogP contribution is -2.25. The van der Waals surface area contributed by atoms with Crippen molar-refractivity contribution in [3.63, 3.8) is 0 Å². The summed E-state index contributed by atoms with van der Waals surface area (Å²) in [6.07, 6.45) is 9.41. The second kappa shape index (κ2) is 7.08. The van der Waals surface area contributed by atoms with Crippen LogP contribution in [0.5, 0.6) is 0 Å². The van der Waals surface area contributed by atoms with Gasteiger partial charge in [-0.2, -0.15) is 0 Å². The Morgan fingerprint density at radius 3 is 2.81 bits per heavy atom. The van der Waals surface area contributed by atoms with E-state index in [1.165, 1.54) is 56.4 Å². The van der Waals surface area contributed by atoms with Gasteiger partial charge in [0.2, 0.25) is 0 Å². The van der Waals surface area contributed by atoms with Gasteiger partial charge < -0.3 is 9.88 Å². The van der Waals surface area contributed by atoms with Crippen molar-refractivity contribution in [3.8, 4) is 0 Å². The van der Waals surface area contributed by atoms with Crippen LogP contribution in [0, 0.1) is 5.92 Å². The summed E-state index contributed by atoms with van der Waals surface area (Å²) in [5, 5.41) is 3.64. The lowest BCUT2D eigenvalue weighted by atomic mass is 9.89. The Morgan fingerprint density at radius 1 is 1.19 bits per heavy atom. The number of nitrogens with one attached hydrogen (secondary N) is 1. The Bertz CT molecular complexity index is 567. The van der Waals surface area contributed by atoms with Crippen molar-refractivity contribution in [2.75, 3.05) is 13.1 Å². The molecular formula is C18H27N3. The maximum absolute atomic E-state index is 4.73. The van der Waals surface area contributed by atoms with Gasteiger partial charge in [0.05, 0.1) is 11.0 Å². The van der Waals surface area contributed by atoms with Crippen LogP contribution in [0.3, 0.4) is 0 Å². The number of para-hydroxylation sites is 2. The van der Waals surface area contributed by atoms with Crippen LogP contribution in [0.4, 0.5) is 0 Å². The molecule has 0 aliphatic heterocycles. The molecule has 1 aromatic heterocycles. The zero-order valence-corrected chi connectivity index (χ0v) is 13.1. The first-order chi connectivity index (χ1) is 10.3. The number of rotatable bonds is 6. The minimum Gasteiger partial charge on any atom is -0.331 e. The van der Waals surface area contributed by atoms with E-state index in [-0.39, 0.29) is 0 Å². The van der Waals surface area contributed by atoms with Gasteiger partial charge in [0.15, 0.2) is 0 Å². The zero-order chi connectivity index (χ0) is 14.5. The number of aryl methyl sites for hydroxylation is 2. The van der Waals surface area contributed by atoms with E-state index in [1.807, 2.05) is 0 Å². The molecule has 1 aliphatic carbocycles. The third kappa shape index (κ3) is 3.65. The van der Waals surface area contributed by atoms with Crippen molar-refractivity contribution in [2.24, 2.45) is 13.0 Å². The normalized spacial score (nSPS) is 16.6. The molecule has 1 fully saturated rings. The molecule has 114 valence electrons. The van der Waals surface area contributed by atoms with Crippen LogP contribution in [0.15, 0.2) is 24.3 Å². The molecule has 0 amide bonds. The molecule has 0 spiro atoms. The fourth-order valence-corrected chi connectivity index (χ4v) is 3.49. The minimum atomic E-state index is 0.925. The summed E-state index contributed by atoms with van der Waals surface area (Å²) in [6, 6.07) is 8.39. The van der Waals surface area contributed by atoms with E-state index in [9.17, 15) is 0 Å². The maximum Gasteiger partial charge on any atom is 0.109 e. The first-order valence-corrected chi connectivity index (χ1v) is 8.45. The molecule has 3 rings (SSSR count). The summed E-state index contributed by atoms with van der Waals surface area (Å²) in [4.78, 5) is 4.73. The van der Waals surface area contributed by atoms with Gasteiger partial charge in [-0.3, -0.25) is 0 Å². The topological polar surface area (TPSA) is 29.9 Å². The highest BCUT2D eigenvalue weighted by Gasteiger charge is 2.12.